The number of amides is 1. The molecule has 0 fully saturated rings. The number of halogens is 3. The van der Waals surface area contributed by atoms with Gasteiger partial charge in [0.1, 0.15) is 5.25 Å². The molecule has 0 saturated heterocycles. The highest BCUT2D eigenvalue weighted by Gasteiger charge is 2.37. The standard InChI is InChI=1S/C9H14Cl3N3O2S/c1-3-14(4-2)8(16)6-17-15-13-5-7(18-15)9(10,11)12/h5,7H,3-4,6H2,1-2H3. The van der Waals surface area contributed by atoms with Gasteiger partial charge in [0.25, 0.3) is 5.91 Å². The first-order valence-corrected chi connectivity index (χ1v) is 7.34. The molecule has 0 bridgehead atoms. The molecule has 1 aliphatic rings. The number of rotatable bonds is 5. The van der Waals surface area contributed by atoms with Crippen molar-refractivity contribution >= 4 is 58.9 Å². The summed E-state index contributed by atoms with van der Waals surface area (Å²) in [6, 6.07) is 0. The van der Waals surface area contributed by atoms with Gasteiger partial charge in [-0.25, -0.2) is 4.84 Å². The molecule has 0 aromatic carbocycles. The summed E-state index contributed by atoms with van der Waals surface area (Å²) in [6.45, 7) is 5.02. The average Bonchev–Trinajstić information content (AvgIpc) is 2.76. The van der Waals surface area contributed by atoms with E-state index in [2.05, 4.69) is 5.10 Å². The summed E-state index contributed by atoms with van der Waals surface area (Å²) in [5.74, 6) is -0.104. The molecule has 1 amide bonds. The van der Waals surface area contributed by atoms with Crippen molar-refractivity contribution in [3.63, 3.8) is 0 Å². The molecule has 9 heteroatoms. The van der Waals surface area contributed by atoms with Crippen molar-refractivity contribution in [2.75, 3.05) is 19.7 Å². The minimum Gasteiger partial charge on any atom is -0.341 e. The molecule has 1 rings (SSSR count). The van der Waals surface area contributed by atoms with Gasteiger partial charge in [-0.15, -0.1) is 4.58 Å². The molecule has 0 spiro atoms. The molecule has 1 aliphatic heterocycles. The third-order valence-electron chi connectivity index (χ3n) is 2.24. The minimum absolute atomic E-state index is 0.0847. The van der Waals surface area contributed by atoms with Gasteiger partial charge < -0.3 is 4.90 Å². The molecule has 0 radical (unpaired) electrons. The second-order valence-electron chi connectivity index (χ2n) is 3.41. The third-order valence-corrected chi connectivity index (χ3v) is 4.41. The number of likely N-dealkylation sites (N-methyl/N-ethyl adjacent to an activating group) is 1. The van der Waals surface area contributed by atoms with Gasteiger partial charge in [-0.1, -0.05) is 34.8 Å². The quantitative estimate of drug-likeness (QED) is 0.572. The SMILES string of the molecule is CCN(CC)C(=O)CON1N=CC(C(Cl)(Cl)Cl)S1. The van der Waals surface area contributed by atoms with E-state index in [0.717, 1.165) is 11.9 Å². The fourth-order valence-electron chi connectivity index (χ4n) is 1.25. The van der Waals surface area contributed by atoms with Gasteiger partial charge in [-0.3, -0.25) is 4.79 Å². The first kappa shape index (κ1) is 16.2. The maximum atomic E-state index is 11.7. The number of hydrogen-bond donors (Lipinski definition) is 0. The van der Waals surface area contributed by atoms with Gasteiger partial charge in [0.05, 0.1) is 0 Å². The van der Waals surface area contributed by atoms with E-state index in [0.29, 0.717) is 13.1 Å². The van der Waals surface area contributed by atoms with Crippen molar-refractivity contribution in [1.29, 1.82) is 0 Å². The molecule has 0 aromatic heterocycles. The highest BCUT2D eigenvalue weighted by Crippen LogP contribution is 2.40. The van der Waals surface area contributed by atoms with Crippen LogP contribution in [-0.2, 0) is 9.63 Å². The van der Waals surface area contributed by atoms with Crippen molar-refractivity contribution in [3.05, 3.63) is 0 Å². The van der Waals surface area contributed by atoms with E-state index in [1.165, 1.54) is 10.8 Å². The van der Waals surface area contributed by atoms with Crippen LogP contribution >= 0.6 is 46.8 Å². The number of alkyl halides is 3. The van der Waals surface area contributed by atoms with Gasteiger partial charge >= 0.3 is 0 Å². The van der Waals surface area contributed by atoms with E-state index < -0.39 is 9.04 Å². The Kier molecular flexibility index (Phi) is 6.34. The van der Waals surface area contributed by atoms with Gasteiger partial charge in [-0.2, -0.15) is 5.10 Å². The van der Waals surface area contributed by atoms with E-state index in [9.17, 15) is 4.79 Å². The highest BCUT2D eigenvalue weighted by atomic mass is 35.6. The van der Waals surface area contributed by atoms with Gasteiger partial charge in [0.2, 0.25) is 3.79 Å². The number of carbonyl (C=O) groups excluding carboxylic acids is 1. The molecule has 18 heavy (non-hydrogen) atoms. The summed E-state index contributed by atoms with van der Waals surface area (Å²) in [4.78, 5) is 18.5. The smallest absolute Gasteiger partial charge is 0.251 e. The number of hydrogen-bond acceptors (Lipinski definition) is 5. The van der Waals surface area contributed by atoms with E-state index >= 15 is 0 Å². The van der Waals surface area contributed by atoms with Crippen LogP contribution in [0.1, 0.15) is 13.8 Å². The Morgan fingerprint density at radius 1 is 1.50 bits per heavy atom. The first-order valence-electron chi connectivity index (χ1n) is 5.36. The van der Waals surface area contributed by atoms with Crippen LogP contribution in [0.5, 0.6) is 0 Å². The zero-order valence-electron chi connectivity index (χ0n) is 9.98. The second-order valence-corrected chi connectivity index (χ2v) is 6.81. The summed E-state index contributed by atoms with van der Waals surface area (Å²) in [5, 5.41) is 3.47. The molecule has 5 nitrogen and oxygen atoms in total. The lowest BCUT2D eigenvalue weighted by atomic mass is 10.5. The zero-order chi connectivity index (χ0) is 13.8. The Balaban J connectivity index is 2.35. The average molecular weight is 335 g/mol. The predicted molar refractivity (Wildman–Crippen MR) is 75.9 cm³/mol. The zero-order valence-corrected chi connectivity index (χ0v) is 13.1. The van der Waals surface area contributed by atoms with Gasteiger partial charge in [-0.05, 0) is 13.8 Å². The molecule has 0 saturated carbocycles. The molecule has 1 unspecified atom stereocenters. The van der Waals surface area contributed by atoms with Crippen LogP contribution in [0.4, 0.5) is 0 Å². The Labute approximate surface area is 125 Å². The molecule has 0 N–H and O–H groups in total. The third kappa shape index (κ3) is 4.66. The highest BCUT2D eigenvalue weighted by molar-refractivity contribution is 7.98. The second kappa shape index (κ2) is 7.05. The summed E-state index contributed by atoms with van der Waals surface area (Å²) < 4.78 is -0.261. The molecular formula is C9H14Cl3N3O2S. The van der Waals surface area contributed by atoms with E-state index in [4.69, 9.17) is 39.6 Å². The van der Waals surface area contributed by atoms with Crippen molar-refractivity contribution in [3.8, 4) is 0 Å². The Morgan fingerprint density at radius 3 is 2.56 bits per heavy atom. The molecule has 1 atom stereocenters. The fraction of sp³-hybridized carbons (Fsp3) is 0.778. The Hall–Kier alpha value is 0.120. The summed E-state index contributed by atoms with van der Waals surface area (Å²) >= 11 is 18.3. The molecule has 104 valence electrons. The fourth-order valence-corrected chi connectivity index (χ4v) is 2.43. The van der Waals surface area contributed by atoms with E-state index in [1.54, 1.807) is 4.90 Å². The summed E-state index contributed by atoms with van der Waals surface area (Å²) in [7, 11) is 0. The maximum absolute atomic E-state index is 11.7. The molecule has 1 heterocycles. The topological polar surface area (TPSA) is 45.1 Å². The van der Waals surface area contributed by atoms with Crippen LogP contribution in [-0.4, -0.2) is 50.3 Å². The van der Waals surface area contributed by atoms with Crippen LogP contribution in [0.25, 0.3) is 0 Å². The van der Waals surface area contributed by atoms with Crippen LogP contribution in [0.3, 0.4) is 0 Å². The van der Waals surface area contributed by atoms with Crippen molar-refractivity contribution in [2.45, 2.75) is 22.9 Å². The van der Waals surface area contributed by atoms with E-state index in [1.807, 2.05) is 13.8 Å². The molecular weight excluding hydrogens is 321 g/mol. The number of hydrazone groups is 1. The van der Waals surface area contributed by atoms with Crippen LogP contribution < -0.4 is 0 Å². The lowest BCUT2D eigenvalue weighted by Crippen LogP contribution is -2.34. The van der Waals surface area contributed by atoms with Crippen LogP contribution in [0.15, 0.2) is 5.10 Å². The minimum atomic E-state index is -1.45. The Bertz CT molecular complexity index is 321. The summed E-state index contributed by atoms with van der Waals surface area (Å²) in [6.07, 6.45) is 1.47. The van der Waals surface area contributed by atoms with Crippen molar-refractivity contribution in [1.82, 2.24) is 9.48 Å². The predicted octanol–water partition coefficient (Wildman–Crippen LogP) is 2.47. The largest absolute Gasteiger partial charge is 0.341 e. The van der Waals surface area contributed by atoms with Gasteiger partial charge in [0.15, 0.2) is 6.61 Å². The molecule has 0 aromatic rings. The monoisotopic (exact) mass is 333 g/mol. The van der Waals surface area contributed by atoms with Crippen molar-refractivity contribution in [2.24, 2.45) is 5.10 Å². The number of carbonyl (C=O) groups is 1. The first-order chi connectivity index (χ1) is 8.38. The van der Waals surface area contributed by atoms with Crippen LogP contribution in [0.2, 0.25) is 0 Å². The maximum Gasteiger partial charge on any atom is 0.251 e. The Morgan fingerprint density at radius 2 is 2.11 bits per heavy atom. The lowest BCUT2D eigenvalue weighted by Gasteiger charge is -2.21. The molecule has 0 aliphatic carbocycles. The van der Waals surface area contributed by atoms with E-state index in [-0.39, 0.29) is 12.5 Å². The lowest BCUT2D eigenvalue weighted by molar-refractivity contribution is -0.148. The van der Waals surface area contributed by atoms with Crippen molar-refractivity contribution < 1.29 is 9.63 Å². The van der Waals surface area contributed by atoms with Crippen LogP contribution in [0, 0.1) is 0 Å². The number of nitrogens with zero attached hydrogens (tertiary/aromatic N) is 3. The normalized spacial score (nSPS) is 19.4. The van der Waals surface area contributed by atoms with Gasteiger partial charge in [0, 0.05) is 31.3 Å². The summed E-state index contributed by atoms with van der Waals surface area (Å²) in [5.41, 5.74) is 0.